The van der Waals surface area contributed by atoms with Gasteiger partial charge in [-0.05, 0) is 25.8 Å². The van der Waals surface area contributed by atoms with Crippen LogP contribution in [0.5, 0.6) is 0 Å². The number of unbranched alkanes of at least 4 members (excludes halogenated alkanes) is 1. The van der Waals surface area contributed by atoms with Crippen LogP contribution in [-0.4, -0.2) is 29.7 Å². The maximum absolute atomic E-state index is 13.5. The average Bonchev–Trinajstić information content (AvgIpc) is 3.26. The number of benzene rings is 1. The molecule has 0 atom stereocenters. The van der Waals surface area contributed by atoms with Gasteiger partial charge in [-0.3, -0.25) is 4.68 Å². The minimum absolute atomic E-state index is 0.0317. The van der Waals surface area contributed by atoms with Crippen LogP contribution in [0.25, 0.3) is 34.1 Å². The molecule has 0 aliphatic rings. The molecule has 0 saturated carbocycles. The summed E-state index contributed by atoms with van der Waals surface area (Å²) in [6.45, 7) is 3.79. The standard InChI is InChI=1S/C21H20ClF3N6/c1-4-5-10-14-15(22)17(31(3)30-14)20-27-16-11(2)26-18(28-19(16)29-20)12-8-6-7-9-13(12)21(23,24)25/h6-9H,4-5,10H2,1-3H3,(H,26,27,28,29). The molecule has 0 radical (unpaired) electrons. The van der Waals surface area contributed by atoms with Crippen molar-refractivity contribution >= 4 is 22.8 Å². The van der Waals surface area contributed by atoms with Gasteiger partial charge in [0.1, 0.15) is 11.2 Å². The first-order chi connectivity index (χ1) is 14.7. The molecule has 0 spiro atoms. The molecule has 3 aromatic heterocycles. The topological polar surface area (TPSA) is 72.3 Å². The summed E-state index contributed by atoms with van der Waals surface area (Å²) in [7, 11) is 1.77. The Morgan fingerprint density at radius 3 is 2.58 bits per heavy atom. The third-order valence-electron chi connectivity index (χ3n) is 5.05. The van der Waals surface area contributed by atoms with Crippen molar-refractivity contribution in [1.29, 1.82) is 0 Å². The zero-order valence-electron chi connectivity index (χ0n) is 17.2. The van der Waals surface area contributed by atoms with Crippen LogP contribution in [0.3, 0.4) is 0 Å². The van der Waals surface area contributed by atoms with Gasteiger partial charge in [-0.25, -0.2) is 15.0 Å². The first kappa shape index (κ1) is 21.3. The lowest BCUT2D eigenvalue weighted by molar-refractivity contribution is -0.137. The Kier molecular flexibility index (Phi) is 5.47. The van der Waals surface area contributed by atoms with E-state index in [0.717, 1.165) is 31.0 Å². The molecule has 10 heteroatoms. The number of aromatic nitrogens is 6. The molecule has 0 unspecified atom stereocenters. The minimum Gasteiger partial charge on any atom is -0.334 e. The molecule has 0 aliphatic carbocycles. The number of imidazole rings is 1. The van der Waals surface area contributed by atoms with Gasteiger partial charge in [-0.15, -0.1) is 0 Å². The van der Waals surface area contributed by atoms with Gasteiger partial charge in [0.05, 0.1) is 22.0 Å². The highest BCUT2D eigenvalue weighted by Crippen LogP contribution is 2.37. The van der Waals surface area contributed by atoms with Crippen LogP contribution in [0, 0.1) is 6.92 Å². The van der Waals surface area contributed by atoms with Crippen molar-refractivity contribution in [2.45, 2.75) is 39.3 Å². The minimum atomic E-state index is -4.52. The predicted molar refractivity (Wildman–Crippen MR) is 113 cm³/mol. The molecule has 4 aromatic rings. The van der Waals surface area contributed by atoms with E-state index >= 15 is 0 Å². The van der Waals surface area contributed by atoms with Gasteiger partial charge in [0.25, 0.3) is 0 Å². The van der Waals surface area contributed by atoms with Crippen molar-refractivity contribution < 1.29 is 13.2 Å². The zero-order chi connectivity index (χ0) is 22.3. The van der Waals surface area contributed by atoms with E-state index in [1.165, 1.54) is 18.2 Å². The molecule has 3 heterocycles. The summed E-state index contributed by atoms with van der Waals surface area (Å²) in [6.07, 6.45) is -1.79. The third-order valence-corrected chi connectivity index (χ3v) is 5.45. The third kappa shape index (κ3) is 3.89. The van der Waals surface area contributed by atoms with Crippen molar-refractivity contribution in [2.24, 2.45) is 7.05 Å². The number of fused-ring (bicyclic) bond motifs is 1. The maximum Gasteiger partial charge on any atom is 0.417 e. The highest BCUT2D eigenvalue weighted by molar-refractivity contribution is 6.33. The summed E-state index contributed by atoms with van der Waals surface area (Å²) in [5.74, 6) is 0.409. The maximum atomic E-state index is 13.5. The highest BCUT2D eigenvalue weighted by atomic mass is 35.5. The molecule has 0 amide bonds. The number of nitrogens with one attached hydrogen (secondary N) is 1. The monoisotopic (exact) mass is 448 g/mol. The molecule has 0 aliphatic heterocycles. The van der Waals surface area contributed by atoms with E-state index < -0.39 is 11.7 Å². The largest absolute Gasteiger partial charge is 0.417 e. The number of halogens is 4. The van der Waals surface area contributed by atoms with Crippen molar-refractivity contribution in [3.05, 3.63) is 46.2 Å². The van der Waals surface area contributed by atoms with Crippen LogP contribution < -0.4 is 0 Å². The first-order valence-electron chi connectivity index (χ1n) is 9.83. The quantitative estimate of drug-likeness (QED) is 0.422. The van der Waals surface area contributed by atoms with E-state index in [4.69, 9.17) is 11.6 Å². The lowest BCUT2D eigenvalue weighted by Gasteiger charge is -2.11. The van der Waals surface area contributed by atoms with Gasteiger partial charge in [0.2, 0.25) is 0 Å². The molecular weight excluding hydrogens is 429 g/mol. The molecule has 0 bridgehead atoms. The summed E-state index contributed by atoms with van der Waals surface area (Å²) in [5.41, 5.74) is 1.79. The second kappa shape index (κ2) is 7.96. The van der Waals surface area contributed by atoms with E-state index in [9.17, 15) is 13.2 Å². The number of hydrogen-bond acceptors (Lipinski definition) is 4. The van der Waals surface area contributed by atoms with Crippen LogP contribution in [0.15, 0.2) is 24.3 Å². The number of alkyl halides is 3. The van der Waals surface area contributed by atoms with Crippen molar-refractivity contribution in [2.75, 3.05) is 0 Å². The van der Waals surface area contributed by atoms with Gasteiger partial charge in [0, 0.05) is 12.6 Å². The Bertz CT molecular complexity index is 1260. The molecule has 0 saturated heterocycles. The van der Waals surface area contributed by atoms with Crippen molar-refractivity contribution in [1.82, 2.24) is 29.7 Å². The molecular formula is C21H20ClF3N6. The number of nitrogens with zero attached hydrogens (tertiary/aromatic N) is 5. The zero-order valence-corrected chi connectivity index (χ0v) is 17.9. The summed E-state index contributed by atoms with van der Waals surface area (Å²) in [4.78, 5) is 16.3. The molecule has 1 aromatic carbocycles. The van der Waals surface area contributed by atoms with E-state index in [2.05, 4.69) is 32.0 Å². The fourth-order valence-electron chi connectivity index (χ4n) is 3.51. The lowest BCUT2D eigenvalue weighted by Crippen LogP contribution is -2.08. The fraction of sp³-hybridized carbons (Fsp3) is 0.333. The Balaban J connectivity index is 1.83. The number of hydrogen-bond donors (Lipinski definition) is 1. The SMILES string of the molecule is CCCCc1nn(C)c(-c2nc3nc(-c4ccccc4C(F)(F)F)nc(C)c3[nH]2)c1Cl. The van der Waals surface area contributed by atoms with Gasteiger partial charge in [-0.2, -0.15) is 18.3 Å². The summed E-state index contributed by atoms with van der Waals surface area (Å²) >= 11 is 6.56. The molecule has 0 fully saturated rings. The number of H-pyrrole nitrogens is 1. The molecule has 4 rings (SSSR count). The van der Waals surface area contributed by atoms with E-state index in [-0.39, 0.29) is 17.0 Å². The number of aromatic amines is 1. The van der Waals surface area contributed by atoms with Crippen molar-refractivity contribution in [3.63, 3.8) is 0 Å². The summed E-state index contributed by atoms with van der Waals surface area (Å²) in [6, 6.07) is 5.23. The average molecular weight is 449 g/mol. The Morgan fingerprint density at radius 2 is 1.87 bits per heavy atom. The molecule has 31 heavy (non-hydrogen) atoms. The van der Waals surface area contributed by atoms with Gasteiger partial charge >= 0.3 is 6.18 Å². The van der Waals surface area contributed by atoms with Crippen LogP contribution in [0.4, 0.5) is 13.2 Å². The smallest absolute Gasteiger partial charge is 0.334 e. The predicted octanol–water partition coefficient (Wildman–Crippen LogP) is 5.74. The van der Waals surface area contributed by atoms with Gasteiger partial charge in [-0.1, -0.05) is 43.1 Å². The number of aryl methyl sites for hydroxylation is 3. The van der Waals surface area contributed by atoms with Crippen LogP contribution >= 0.6 is 11.6 Å². The van der Waals surface area contributed by atoms with E-state index in [1.54, 1.807) is 18.7 Å². The van der Waals surface area contributed by atoms with Crippen LogP contribution in [0.1, 0.15) is 36.7 Å². The van der Waals surface area contributed by atoms with E-state index in [0.29, 0.717) is 27.8 Å². The summed E-state index contributed by atoms with van der Waals surface area (Å²) < 4.78 is 42.0. The van der Waals surface area contributed by atoms with Crippen LogP contribution in [0.2, 0.25) is 5.02 Å². The van der Waals surface area contributed by atoms with Gasteiger partial charge < -0.3 is 4.98 Å². The highest BCUT2D eigenvalue weighted by Gasteiger charge is 2.34. The van der Waals surface area contributed by atoms with Crippen molar-refractivity contribution in [3.8, 4) is 22.9 Å². The Labute approximate surface area is 181 Å². The fourth-order valence-corrected chi connectivity index (χ4v) is 3.85. The second-order valence-electron chi connectivity index (χ2n) is 7.30. The van der Waals surface area contributed by atoms with Crippen LogP contribution in [-0.2, 0) is 19.6 Å². The first-order valence-corrected chi connectivity index (χ1v) is 10.2. The molecule has 1 N–H and O–H groups in total. The van der Waals surface area contributed by atoms with E-state index in [1.807, 2.05) is 0 Å². The van der Waals surface area contributed by atoms with Gasteiger partial charge in [0.15, 0.2) is 17.3 Å². The lowest BCUT2D eigenvalue weighted by atomic mass is 10.1. The Hall–Kier alpha value is -2.94. The molecule has 6 nitrogen and oxygen atoms in total. The Morgan fingerprint density at radius 1 is 1.13 bits per heavy atom. The number of rotatable bonds is 5. The normalized spacial score (nSPS) is 12.1. The second-order valence-corrected chi connectivity index (χ2v) is 7.67. The summed E-state index contributed by atoms with van der Waals surface area (Å²) in [5, 5.41) is 4.99. The molecule has 162 valence electrons.